The van der Waals surface area contributed by atoms with Gasteiger partial charge in [-0.3, -0.25) is 4.98 Å². The van der Waals surface area contributed by atoms with Gasteiger partial charge in [-0.1, -0.05) is 41.9 Å². The lowest BCUT2D eigenvalue weighted by Crippen LogP contribution is -2.22. The molecule has 6 nitrogen and oxygen atoms in total. The number of rotatable bonds is 3. The summed E-state index contributed by atoms with van der Waals surface area (Å²) in [7, 11) is 0. The maximum absolute atomic E-state index is 6.16. The van der Waals surface area contributed by atoms with Crippen molar-refractivity contribution in [2.45, 2.75) is 0 Å². The minimum atomic E-state index is -0.148. The van der Waals surface area contributed by atoms with Gasteiger partial charge >= 0.3 is 0 Å². The second-order valence-corrected chi connectivity index (χ2v) is 4.35. The first kappa shape index (κ1) is 16.7. The van der Waals surface area contributed by atoms with E-state index in [2.05, 4.69) is 15.2 Å². The maximum atomic E-state index is 6.16. The number of anilines is 1. The second-order valence-electron chi connectivity index (χ2n) is 3.94. The third kappa shape index (κ3) is 4.34. The zero-order valence-corrected chi connectivity index (χ0v) is 12.5. The number of hydrogen-bond acceptors (Lipinski definition) is 4. The van der Waals surface area contributed by atoms with Gasteiger partial charge in [0.05, 0.1) is 16.9 Å². The fourth-order valence-electron chi connectivity index (χ4n) is 1.57. The minimum Gasteiger partial charge on any atom is -0.397 e. The lowest BCUT2D eigenvalue weighted by atomic mass is 10.1. The van der Waals surface area contributed by atoms with Gasteiger partial charge in [0.2, 0.25) is 5.96 Å². The number of guanidine groups is 1. The van der Waals surface area contributed by atoms with Gasteiger partial charge in [-0.25, -0.2) is 0 Å². The number of hydrogen-bond donors (Lipinski definition) is 3. The number of nitrogens with two attached hydrogens (primary N) is 3. The molecule has 110 valence electrons. The highest BCUT2D eigenvalue weighted by Crippen LogP contribution is 2.20. The lowest BCUT2D eigenvalue weighted by Gasteiger charge is -2.07. The Morgan fingerprint density at radius 2 is 1.76 bits per heavy atom. The molecule has 0 aliphatic rings. The molecule has 0 aliphatic carbocycles. The first-order chi connectivity index (χ1) is 9.58. The average molecular weight is 325 g/mol. The molecule has 0 saturated heterocycles. The van der Waals surface area contributed by atoms with Gasteiger partial charge in [0.25, 0.3) is 0 Å². The van der Waals surface area contributed by atoms with Crippen molar-refractivity contribution in [3.05, 3.63) is 58.9 Å². The predicted octanol–water partition coefficient (Wildman–Crippen LogP) is 1.76. The number of nitrogen functional groups attached to an aromatic ring is 1. The van der Waals surface area contributed by atoms with E-state index in [1.807, 2.05) is 30.3 Å². The van der Waals surface area contributed by atoms with Crippen LogP contribution < -0.4 is 17.2 Å². The topological polar surface area (TPSA) is 116 Å². The van der Waals surface area contributed by atoms with Crippen LogP contribution in [0.4, 0.5) is 5.69 Å². The van der Waals surface area contributed by atoms with Crippen LogP contribution >= 0.6 is 24.0 Å². The Balaban J connectivity index is 0.00000220. The molecule has 0 bridgehead atoms. The molecular formula is C13H14Cl2N6. The smallest absolute Gasteiger partial charge is 0.211 e. The summed E-state index contributed by atoms with van der Waals surface area (Å²) in [6, 6.07) is 10.9. The molecule has 0 spiro atoms. The van der Waals surface area contributed by atoms with Gasteiger partial charge in [-0.15, -0.1) is 22.6 Å². The van der Waals surface area contributed by atoms with Gasteiger partial charge in [0.15, 0.2) is 0 Å². The largest absolute Gasteiger partial charge is 0.397 e. The van der Waals surface area contributed by atoms with Crippen molar-refractivity contribution < 1.29 is 0 Å². The highest BCUT2D eigenvalue weighted by Gasteiger charge is 2.13. The molecule has 0 unspecified atom stereocenters. The van der Waals surface area contributed by atoms with Crippen LogP contribution in [0, 0.1) is 0 Å². The molecule has 1 heterocycles. The first-order valence-electron chi connectivity index (χ1n) is 5.71. The molecular weight excluding hydrogens is 311 g/mol. The van der Waals surface area contributed by atoms with E-state index in [1.54, 1.807) is 6.07 Å². The summed E-state index contributed by atoms with van der Waals surface area (Å²) in [6.07, 6.45) is 1.50. The summed E-state index contributed by atoms with van der Waals surface area (Å²) >= 11 is 6.16. The molecule has 21 heavy (non-hydrogen) atoms. The monoisotopic (exact) mass is 324 g/mol. The molecule has 1 aromatic heterocycles. The second kappa shape index (κ2) is 7.47. The van der Waals surface area contributed by atoms with Crippen molar-refractivity contribution >= 4 is 41.4 Å². The molecule has 6 N–H and O–H groups in total. The van der Waals surface area contributed by atoms with Crippen LogP contribution in [0.25, 0.3) is 0 Å². The van der Waals surface area contributed by atoms with Gasteiger partial charge in [0.1, 0.15) is 11.4 Å². The van der Waals surface area contributed by atoms with E-state index < -0.39 is 0 Å². The predicted molar refractivity (Wildman–Crippen MR) is 88.8 cm³/mol. The van der Waals surface area contributed by atoms with Crippen molar-refractivity contribution in [1.29, 1.82) is 0 Å². The van der Waals surface area contributed by atoms with Gasteiger partial charge in [-0.05, 0) is 6.07 Å². The highest BCUT2D eigenvalue weighted by atomic mass is 35.5. The van der Waals surface area contributed by atoms with Crippen LogP contribution in [0.15, 0.2) is 52.8 Å². The first-order valence-corrected chi connectivity index (χ1v) is 6.09. The number of pyridine rings is 1. The SMILES string of the molecule is Cl.NC(N)=N/N=C(/c1ccccc1)c1ncc(N)cc1Cl. The lowest BCUT2D eigenvalue weighted by molar-refractivity contribution is 1.18. The van der Waals surface area contributed by atoms with E-state index >= 15 is 0 Å². The minimum absolute atomic E-state index is 0. The molecule has 0 aliphatic heterocycles. The van der Waals surface area contributed by atoms with Crippen molar-refractivity contribution in [3.8, 4) is 0 Å². The molecule has 0 saturated carbocycles. The highest BCUT2D eigenvalue weighted by molar-refractivity contribution is 6.35. The van der Waals surface area contributed by atoms with Crippen molar-refractivity contribution in [1.82, 2.24) is 4.98 Å². The molecule has 2 aromatic rings. The van der Waals surface area contributed by atoms with Gasteiger partial charge in [-0.2, -0.15) is 0 Å². The summed E-state index contributed by atoms with van der Waals surface area (Å²) in [6.45, 7) is 0. The fourth-order valence-corrected chi connectivity index (χ4v) is 1.84. The summed E-state index contributed by atoms with van der Waals surface area (Å²) in [5.41, 5.74) is 18.4. The van der Waals surface area contributed by atoms with E-state index in [1.165, 1.54) is 6.20 Å². The van der Waals surface area contributed by atoms with E-state index in [-0.39, 0.29) is 18.4 Å². The summed E-state index contributed by atoms with van der Waals surface area (Å²) in [4.78, 5) is 4.19. The Morgan fingerprint density at radius 3 is 2.33 bits per heavy atom. The molecule has 1 aromatic carbocycles. The van der Waals surface area contributed by atoms with Crippen LogP contribution in [0.2, 0.25) is 5.02 Å². The van der Waals surface area contributed by atoms with Crippen LogP contribution in [-0.4, -0.2) is 16.7 Å². The number of benzene rings is 1. The van der Waals surface area contributed by atoms with Crippen LogP contribution in [0.1, 0.15) is 11.3 Å². The van der Waals surface area contributed by atoms with Crippen LogP contribution in [0.5, 0.6) is 0 Å². The summed E-state index contributed by atoms with van der Waals surface area (Å²) in [5.74, 6) is -0.148. The van der Waals surface area contributed by atoms with Gasteiger partial charge in [0, 0.05) is 5.56 Å². The Morgan fingerprint density at radius 1 is 1.10 bits per heavy atom. The fraction of sp³-hybridized carbons (Fsp3) is 0. The summed E-state index contributed by atoms with van der Waals surface area (Å²) < 4.78 is 0. The Hall–Kier alpha value is -2.31. The van der Waals surface area contributed by atoms with E-state index in [9.17, 15) is 0 Å². The zero-order valence-electron chi connectivity index (χ0n) is 10.9. The average Bonchev–Trinajstić information content (AvgIpc) is 2.42. The number of nitrogens with zero attached hydrogens (tertiary/aromatic N) is 3. The van der Waals surface area contributed by atoms with Crippen molar-refractivity contribution in [2.75, 3.05) is 5.73 Å². The Kier molecular flexibility index (Phi) is 5.95. The van der Waals surface area contributed by atoms with Crippen LogP contribution in [0.3, 0.4) is 0 Å². The molecule has 0 atom stereocenters. The Bertz CT molecular complexity index is 666. The van der Waals surface area contributed by atoms with Crippen molar-refractivity contribution in [3.63, 3.8) is 0 Å². The zero-order chi connectivity index (χ0) is 14.5. The normalized spacial score (nSPS) is 10.6. The van der Waals surface area contributed by atoms with Crippen molar-refractivity contribution in [2.24, 2.45) is 21.7 Å². The molecule has 0 fully saturated rings. The van der Waals surface area contributed by atoms with Gasteiger partial charge < -0.3 is 17.2 Å². The Labute approximate surface area is 133 Å². The maximum Gasteiger partial charge on any atom is 0.211 e. The summed E-state index contributed by atoms with van der Waals surface area (Å²) in [5, 5.41) is 8.07. The number of halogens is 2. The molecule has 2 rings (SSSR count). The van der Waals surface area contributed by atoms with Crippen LogP contribution in [-0.2, 0) is 0 Å². The molecule has 0 amide bonds. The third-order valence-corrected chi connectivity index (χ3v) is 2.69. The quantitative estimate of drug-likeness (QED) is 0.453. The number of aromatic nitrogens is 1. The van der Waals surface area contributed by atoms with E-state index in [0.29, 0.717) is 22.1 Å². The van der Waals surface area contributed by atoms with E-state index in [0.717, 1.165) is 5.56 Å². The molecule has 8 heteroatoms. The third-order valence-electron chi connectivity index (χ3n) is 2.40. The van der Waals surface area contributed by atoms with E-state index in [4.69, 9.17) is 28.8 Å². The molecule has 0 radical (unpaired) electrons. The standard InChI is InChI=1S/C13H13ClN6.ClH/c14-10-6-9(15)7-18-12(10)11(19-20-13(16)17)8-4-2-1-3-5-8;/h1-7H,15H2,(H4,16,17,20);1H/b19-11-;.